The summed E-state index contributed by atoms with van der Waals surface area (Å²) < 4.78 is 6.89. The maximum absolute atomic E-state index is 11.9. The van der Waals surface area contributed by atoms with Gasteiger partial charge in [-0.3, -0.25) is 9.20 Å². The number of fused-ring (bicyclic) bond motifs is 3. The van der Waals surface area contributed by atoms with E-state index in [4.69, 9.17) is 4.74 Å². The molecule has 18 heavy (non-hydrogen) atoms. The van der Waals surface area contributed by atoms with E-state index in [1.54, 1.807) is 29.8 Å². The monoisotopic (exact) mass is 244 g/mol. The predicted molar refractivity (Wildman–Crippen MR) is 67.0 cm³/mol. The Kier molecular flexibility index (Phi) is 2.29. The smallest absolute Gasteiger partial charge is 0.274 e. The van der Waals surface area contributed by atoms with E-state index >= 15 is 0 Å². The Balaban J connectivity index is 2.54. The minimum absolute atomic E-state index is 0.165. The molecule has 6 nitrogen and oxygen atoms in total. The predicted octanol–water partition coefficient (Wildman–Crippen LogP) is 1.14. The molecule has 0 aliphatic rings. The number of nitrogens with one attached hydrogen (secondary N) is 1. The third-order valence-electron chi connectivity index (χ3n) is 2.90. The van der Waals surface area contributed by atoms with Crippen molar-refractivity contribution in [1.82, 2.24) is 19.4 Å². The Labute approximate surface area is 102 Å². The Morgan fingerprint density at radius 3 is 3.00 bits per heavy atom. The summed E-state index contributed by atoms with van der Waals surface area (Å²) in [5.41, 5.74) is 1.65. The summed E-state index contributed by atoms with van der Waals surface area (Å²) in [4.78, 5) is 23.3. The molecule has 0 fully saturated rings. The van der Waals surface area contributed by atoms with Crippen LogP contribution in [0.3, 0.4) is 0 Å². The molecule has 3 aromatic heterocycles. The number of nitrogens with zero attached hydrogens (tertiary/aromatic N) is 3. The molecule has 3 heterocycles. The molecular weight excluding hydrogens is 232 g/mol. The van der Waals surface area contributed by atoms with Gasteiger partial charge in [-0.2, -0.15) is 4.98 Å². The number of hydrogen-bond acceptors (Lipinski definition) is 4. The number of aryl methyl sites for hydroxylation is 1. The number of H-pyrrole nitrogens is 1. The van der Waals surface area contributed by atoms with Crippen LogP contribution in [0.25, 0.3) is 16.7 Å². The highest BCUT2D eigenvalue weighted by molar-refractivity contribution is 5.74. The molecule has 3 rings (SSSR count). The quantitative estimate of drug-likeness (QED) is 0.733. The molecule has 0 aromatic carbocycles. The maximum Gasteiger partial charge on any atom is 0.274 e. The van der Waals surface area contributed by atoms with Crippen molar-refractivity contribution in [1.29, 1.82) is 0 Å². The maximum atomic E-state index is 11.9. The van der Waals surface area contributed by atoms with Crippen molar-refractivity contribution in [3.63, 3.8) is 0 Å². The van der Waals surface area contributed by atoms with E-state index in [9.17, 15) is 4.79 Å². The van der Waals surface area contributed by atoms with Crippen molar-refractivity contribution < 1.29 is 4.74 Å². The fourth-order valence-corrected chi connectivity index (χ4v) is 2.04. The summed E-state index contributed by atoms with van der Waals surface area (Å²) in [5, 5.41) is 0. The van der Waals surface area contributed by atoms with Crippen LogP contribution in [0.2, 0.25) is 0 Å². The molecule has 6 heteroatoms. The number of pyridine rings is 1. The largest absolute Gasteiger partial charge is 0.481 e. The first-order valence-electron chi connectivity index (χ1n) is 5.68. The van der Waals surface area contributed by atoms with Gasteiger partial charge in [0.05, 0.1) is 18.8 Å². The van der Waals surface area contributed by atoms with E-state index in [1.807, 2.05) is 6.92 Å². The molecule has 0 radical (unpaired) electrons. The van der Waals surface area contributed by atoms with Gasteiger partial charge in [-0.05, 0) is 6.07 Å². The summed E-state index contributed by atoms with van der Waals surface area (Å²) in [5.74, 6) is 1.31. The van der Waals surface area contributed by atoms with Crippen LogP contribution >= 0.6 is 0 Å². The highest BCUT2D eigenvalue weighted by Gasteiger charge is 2.11. The number of ether oxygens (including phenoxy) is 1. The molecule has 0 saturated heterocycles. The molecule has 0 aliphatic heterocycles. The van der Waals surface area contributed by atoms with Crippen molar-refractivity contribution in [2.24, 2.45) is 0 Å². The molecule has 0 saturated carbocycles. The van der Waals surface area contributed by atoms with Crippen molar-refractivity contribution in [3.05, 3.63) is 34.5 Å². The molecule has 0 bridgehead atoms. The van der Waals surface area contributed by atoms with Crippen molar-refractivity contribution in [2.75, 3.05) is 7.11 Å². The number of aromatic nitrogens is 4. The summed E-state index contributed by atoms with van der Waals surface area (Å²) in [6.07, 6.45) is 2.30. The molecule has 1 N–H and O–H groups in total. The third kappa shape index (κ3) is 1.38. The van der Waals surface area contributed by atoms with E-state index in [-0.39, 0.29) is 5.56 Å². The lowest BCUT2D eigenvalue weighted by Gasteiger charge is -2.05. The van der Waals surface area contributed by atoms with Gasteiger partial charge in [0.1, 0.15) is 11.3 Å². The molecule has 3 aromatic rings. The summed E-state index contributed by atoms with van der Waals surface area (Å²) in [6, 6.07) is 3.49. The molecule has 0 amide bonds. The minimum Gasteiger partial charge on any atom is -0.481 e. The number of aromatic amines is 1. The van der Waals surface area contributed by atoms with Crippen LogP contribution in [0.4, 0.5) is 0 Å². The highest BCUT2D eigenvalue weighted by Crippen LogP contribution is 2.16. The average molecular weight is 244 g/mol. The first-order valence-corrected chi connectivity index (χ1v) is 5.68. The fourth-order valence-electron chi connectivity index (χ4n) is 2.04. The molecule has 0 spiro atoms. The standard InChI is InChI=1S/C12H12N4O2/c1-3-9-13-6-8-12(17)14-7-4-5-10(18-2)15-11(7)16(8)9/h4-6H,3H2,1-2H3,(H,14,17). The van der Waals surface area contributed by atoms with E-state index in [1.165, 1.54) is 0 Å². The van der Waals surface area contributed by atoms with Gasteiger partial charge in [-0.1, -0.05) is 6.92 Å². The van der Waals surface area contributed by atoms with Gasteiger partial charge in [0, 0.05) is 12.5 Å². The normalized spacial score (nSPS) is 11.2. The van der Waals surface area contributed by atoms with E-state index in [2.05, 4.69) is 15.0 Å². The first-order chi connectivity index (χ1) is 8.74. The number of rotatable bonds is 2. The number of imidazole rings is 1. The first kappa shape index (κ1) is 10.8. The Hall–Kier alpha value is -2.37. The van der Waals surface area contributed by atoms with E-state index < -0.39 is 0 Å². The van der Waals surface area contributed by atoms with Crippen LogP contribution in [0, 0.1) is 0 Å². The van der Waals surface area contributed by atoms with Crippen LogP contribution in [0.5, 0.6) is 5.88 Å². The molecular formula is C12H12N4O2. The molecule has 92 valence electrons. The Morgan fingerprint density at radius 2 is 2.28 bits per heavy atom. The van der Waals surface area contributed by atoms with Crippen LogP contribution in [-0.2, 0) is 6.42 Å². The third-order valence-corrected chi connectivity index (χ3v) is 2.90. The zero-order valence-corrected chi connectivity index (χ0v) is 10.1. The fraction of sp³-hybridized carbons (Fsp3) is 0.250. The van der Waals surface area contributed by atoms with Gasteiger partial charge in [0.2, 0.25) is 5.88 Å². The van der Waals surface area contributed by atoms with Crippen molar-refractivity contribution >= 4 is 16.7 Å². The van der Waals surface area contributed by atoms with Gasteiger partial charge in [0.25, 0.3) is 5.56 Å². The number of methoxy groups -OCH3 is 1. The molecule has 0 unspecified atom stereocenters. The van der Waals surface area contributed by atoms with Crippen LogP contribution in [0.15, 0.2) is 23.1 Å². The van der Waals surface area contributed by atoms with Crippen LogP contribution in [0.1, 0.15) is 12.7 Å². The summed E-state index contributed by atoms with van der Waals surface area (Å²) >= 11 is 0. The SMILES string of the molecule is CCc1ncc2c(=O)[nH]c3ccc(OC)nc3n12. The zero-order valence-electron chi connectivity index (χ0n) is 10.1. The average Bonchev–Trinajstić information content (AvgIpc) is 2.83. The highest BCUT2D eigenvalue weighted by atomic mass is 16.5. The van der Waals surface area contributed by atoms with Crippen molar-refractivity contribution in [3.8, 4) is 5.88 Å². The van der Waals surface area contributed by atoms with Gasteiger partial charge in [-0.15, -0.1) is 0 Å². The second kappa shape index (κ2) is 3.83. The van der Waals surface area contributed by atoms with Gasteiger partial charge in [0.15, 0.2) is 5.65 Å². The zero-order chi connectivity index (χ0) is 12.7. The van der Waals surface area contributed by atoms with E-state index in [0.29, 0.717) is 22.6 Å². The molecule has 0 atom stereocenters. The summed E-state index contributed by atoms with van der Waals surface area (Å²) in [7, 11) is 1.56. The van der Waals surface area contributed by atoms with Crippen molar-refractivity contribution in [2.45, 2.75) is 13.3 Å². The van der Waals surface area contributed by atoms with Crippen LogP contribution in [-0.4, -0.2) is 26.5 Å². The lowest BCUT2D eigenvalue weighted by atomic mass is 10.4. The van der Waals surface area contributed by atoms with Gasteiger partial charge in [-0.25, -0.2) is 4.98 Å². The van der Waals surface area contributed by atoms with E-state index in [0.717, 1.165) is 12.2 Å². The topological polar surface area (TPSA) is 72.3 Å². The lowest BCUT2D eigenvalue weighted by molar-refractivity contribution is 0.399. The molecule has 0 aliphatic carbocycles. The van der Waals surface area contributed by atoms with Gasteiger partial charge < -0.3 is 9.72 Å². The minimum atomic E-state index is -0.165. The number of hydrogen-bond donors (Lipinski definition) is 1. The Morgan fingerprint density at radius 1 is 1.44 bits per heavy atom. The Bertz CT molecular complexity index is 788. The lowest BCUT2D eigenvalue weighted by Crippen LogP contribution is -2.12. The summed E-state index contributed by atoms with van der Waals surface area (Å²) in [6.45, 7) is 1.99. The second-order valence-electron chi connectivity index (χ2n) is 3.93. The second-order valence-corrected chi connectivity index (χ2v) is 3.93. The van der Waals surface area contributed by atoms with Gasteiger partial charge >= 0.3 is 0 Å². The van der Waals surface area contributed by atoms with Crippen LogP contribution < -0.4 is 10.3 Å².